The lowest BCUT2D eigenvalue weighted by Crippen LogP contribution is -2.56. The molecule has 0 radical (unpaired) electrons. The van der Waals surface area contributed by atoms with Gasteiger partial charge >= 0.3 is 5.97 Å². The average Bonchev–Trinajstić information content (AvgIpc) is 3.28. The minimum Gasteiger partial charge on any atom is -0.459 e. The molecule has 10 heteroatoms. The molecule has 0 spiro atoms. The van der Waals surface area contributed by atoms with E-state index < -0.39 is 16.9 Å². The zero-order chi connectivity index (χ0) is 19.8. The number of β-lactam (4-membered cyclic amide) rings is 1. The summed E-state index contributed by atoms with van der Waals surface area (Å²) in [5.41, 5.74) is 1.77. The maximum atomic E-state index is 12.5. The third-order valence-corrected chi connectivity index (χ3v) is 5.79. The fourth-order valence-electron chi connectivity index (χ4n) is 3.07. The van der Waals surface area contributed by atoms with Gasteiger partial charge in [-0.15, -0.1) is 11.8 Å². The lowest BCUT2D eigenvalue weighted by atomic mass is 10.0. The quantitative estimate of drug-likeness (QED) is 0.246. The normalized spacial score (nSPS) is 22.1. The second-order valence-corrected chi connectivity index (χ2v) is 7.45. The Bertz CT molecular complexity index is 983. The Kier molecular flexibility index (Phi) is 4.63. The van der Waals surface area contributed by atoms with Crippen LogP contribution in [-0.4, -0.2) is 43.9 Å². The zero-order valence-corrected chi connectivity index (χ0v) is 15.5. The number of rotatable bonds is 5. The molecule has 1 aromatic carbocycles. The number of oxazole rings is 1. The van der Waals surface area contributed by atoms with Crippen LogP contribution in [0.2, 0.25) is 0 Å². The van der Waals surface area contributed by atoms with Crippen molar-refractivity contribution < 1.29 is 23.7 Å². The number of aryl methyl sites for hydroxylation is 1. The number of nitrogens with zero attached hydrogens (tertiary/aromatic N) is 3. The zero-order valence-electron chi connectivity index (χ0n) is 14.7. The van der Waals surface area contributed by atoms with Gasteiger partial charge < -0.3 is 14.1 Å². The summed E-state index contributed by atoms with van der Waals surface area (Å²) in [6, 6.07) is 5.13. The molecule has 0 aliphatic carbocycles. The van der Waals surface area contributed by atoms with Crippen LogP contribution in [0.5, 0.6) is 0 Å². The standard InChI is InChI=1S/C18H15N3O6S/c1-10-19-12(8-26-10)6-14-16(22)20-15(9-28-17(14)20)18(23)27-7-11-2-4-13(5-3-11)21(24)25/h2-6,8,15,17H,7,9H2,1H3. The first-order valence-electron chi connectivity index (χ1n) is 8.42. The van der Waals surface area contributed by atoms with Crippen LogP contribution in [0.15, 0.2) is 40.5 Å². The minimum absolute atomic E-state index is 0.00833. The number of fused-ring (bicyclic) bond motifs is 1. The van der Waals surface area contributed by atoms with E-state index in [1.807, 2.05) is 0 Å². The predicted molar refractivity (Wildman–Crippen MR) is 99.0 cm³/mol. The number of amides is 1. The SMILES string of the molecule is Cc1nc(C=C2C(=O)N3C(C(=O)OCc4ccc([N+](=O)[O-])cc4)CSC23)co1. The van der Waals surface area contributed by atoms with E-state index in [1.165, 1.54) is 47.2 Å². The maximum Gasteiger partial charge on any atom is 0.330 e. The maximum absolute atomic E-state index is 12.5. The summed E-state index contributed by atoms with van der Waals surface area (Å²) < 4.78 is 10.4. The van der Waals surface area contributed by atoms with Crippen LogP contribution in [0.3, 0.4) is 0 Å². The summed E-state index contributed by atoms with van der Waals surface area (Å²) in [6.45, 7) is 1.71. The van der Waals surface area contributed by atoms with Gasteiger partial charge in [0.25, 0.3) is 11.6 Å². The number of benzene rings is 1. The van der Waals surface area contributed by atoms with E-state index in [-0.39, 0.29) is 23.6 Å². The second-order valence-electron chi connectivity index (χ2n) is 6.34. The molecule has 0 N–H and O–H groups in total. The van der Waals surface area contributed by atoms with Gasteiger partial charge in [-0.25, -0.2) is 9.78 Å². The number of non-ortho nitro benzene ring substituents is 1. The van der Waals surface area contributed by atoms with E-state index in [2.05, 4.69) is 4.98 Å². The van der Waals surface area contributed by atoms with Crippen LogP contribution in [-0.2, 0) is 20.9 Å². The Morgan fingerprint density at radius 1 is 1.46 bits per heavy atom. The van der Waals surface area contributed by atoms with Crippen LogP contribution in [0.4, 0.5) is 5.69 Å². The number of carbonyl (C=O) groups excluding carboxylic acids is 2. The van der Waals surface area contributed by atoms with Gasteiger partial charge in [0.15, 0.2) is 5.89 Å². The number of hydrogen-bond donors (Lipinski definition) is 0. The second kappa shape index (κ2) is 7.12. The van der Waals surface area contributed by atoms with E-state index in [9.17, 15) is 19.7 Å². The Labute approximate surface area is 163 Å². The van der Waals surface area contributed by atoms with Crippen molar-refractivity contribution in [1.82, 2.24) is 9.88 Å². The monoisotopic (exact) mass is 401 g/mol. The topological polar surface area (TPSA) is 116 Å². The Morgan fingerprint density at radius 3 is 2.86 bits per heavy atom. The highest BCUT2D eigenvalue weighted by atomic mass is 32.2. The molecule has 28 heavy (non-hydrogen) atoms. The number of carbonyl (C=O) groups is 2. The number of hydrogen-bond acceptors (Lipinski definition) is 8. The van der Waals surface area contributed by atoms with Gasteiger partial charge in [0, 0.05) is 24.8 Å². The number of esters is 1. The first-order valence-corrected chi connectivity index (χ1v) is 9.47. The highest BCUT2D eigenvalue weighted by molar-refractivity contribution is 8.00. The van der Waals surface area contributed by atoms with Crippen molar-refractivity contribution in [1.29, 1.82) is 0 Å². The summed E-state index contributed by atoms with van der Waals surface area (Å²) >= 11 is 1.50. The molecular formula is C18H15N3O6S. The van der Waals surface area contributed by atoms with Crippen LogP contribution in [0.25, 0.3) is 6.08 Å². The molecular weight excluding hydrogens is 386 g/mol. The van der Waals surface area contributed by atoms with Crippen molar-refractivity contribution in [2.45, 2.75) is 24.9 Å². The van der Waals surface area contributed by atoms with Crippen LogP contribution in [0.1, 0.15) is 17.1 Å². The fraction of sp³-hybridized carbons (Fsp3) is 0.278. The summed E-state index contributed by atoms with van der Waals surface area (Å²) in [5, 5.41) is 10.5. The summed E-state index contributed by atoms with van der Waals surface area (Å²) in [7, 11) is 0. The number of aromatic nitrogens is 1. The van der Waals surface area contributed by atoms with Gasteiger partial charge in [-0.05, 0) is 23.8 Å². The van der Waals surface area contributed by atoms with Gasteiger partial charge in [-0.1, -0.05) is 0 Å². The molecule has 1 amide bonds. The average molecular weight is 401 g/mol. The molecule has 2 saturated heterocycles. The van der Waals surface area contributed by atoms with Crippen molar-refractivity contribution in [3.63, 3.8) is 0 Å². The third-order valence-electron chi connectivity index (χ3n) is 4.49. The molecule has 144 valence electrons. The highest BCUT2D eigenvalue weighted by Gasteiger charge is 2.53. The van der Waals surface area contributed by atoms with Crippen LogP contribution >= 0.6 is 11.8 Å². The van der Waals surface area contributed by atoms with Crippen molar-refractivity contribution >= 4 is 35.4 Å². The largest absolute Gasteiger partial charge is 0.459 e. The Morgan fingerprint density at radius 2 is 2.21 bits per heavy atom. The molecule has 2 fully saturated rings. The predicted octanol–water partition coefficient (Wildman–Crippen LogP) is 2.30. The van der Waals surface area contributed by atoms with Crippen molar-refractivity contribution in [3.8, 4) is 0 Å². The molecule has 2 atom stereocenters. The van der Waals surface area contributed by atoms with E-state index in [0.717, 1.165) is 0 Å². The summed E-state index contributed by atoms with van der Waals surface area (Å²) in [5.74, 6) is 0.262. The van der Waals surface area contributed by atoms with Crippen LogP contribution < -0.4 is 0 Å². The van der Waals surface area contributed by atoms with Gasteiger partial charge in [-0.3, -0.25) is 14.9 Å². The Hall–Kier alpha value is -3.14. The number of thioether (sulfide) groups is 1. The van der Waals surface area contributed by atoms with Gasteiger partial charge in [0.1, 0.15) is 30.0 Å². The molecule has 1 aromatic heterocycles. The minimum atomic E-state index is -0.642. The molecule has 2 aromatic rings. The van der Waals surface area contributed by atoms with Gasteiger partial charge in [0.2, 0.25) is 0 Å². The van der Waals surface area contributed by atoms with E-state index in [1.54, 1.807) is 13.0 Å². The first-order chi connectivity index (χ1) is 13.4. The fourth-order valence-corrected chi connectivity index (χ4v) is 4.48. The van der Waals surface area contributed by atoms with Gasteiger partial charge in [-0.2, -0.15) is 0 Å². The lowest BCUT2D eigenvalue weighted by Gasteiger charge is -2.38. The molecule has 2 aliphatic rings. The molecule has 2 unspecified atom stereocenters. The summed E-state index contributed by atoms with van der Waals surface area (Å²) in [4.78, 5) is 40.7. The Balaban J connectivity index is 1.37. The van der Waals surface area contributed by atoms with E-state index in [0.29, 0.717) is 28.5 Å². The summed E-state index contributed by atoms with van der Waals surface area (Å²) in [6.07, 6.45) is 3.16. The molecule has 0 saturated carbocycles. The molecule has 0 bridgehead atoms. The lowest BCUT2D eigenvalue weighted by molar-refractivity contribution is -0.384. The molecule has 3 heterocycles. The first kappa shape index (κ1) is 18.2. The van der Waals surface area contributed by atoms with Crippen LogP contribution in [0, 0.1) is 17.0 Å². The third kappa shape index (κ3) is 3.26. The smallest absolute Gasteiger partial charge is 0.330 e. The van der Waals surface area contributed by atoms with Crippen molar-refractivity contribution in [3.05, 3.63) is 63.4 Å². The number of nitro benzene ring substituents is 1. The molecule has 4 rings (SSSR count). The van der Waals surface area contributed by atoms with Gasteiger partial charge in [0.05, 0.1) is 10.5 Å². The highest BCUT2D eigenvalue weighted by Crippen LogP contribution is 2.44. The van der Waals surface area contributed by atoms with Crippen molar-refractivity contribution in [2.75, 3.05) is 5.75 Å². The molecule has 2 aliphatic heterocycles. The number of ether oxygens (including phenoxy) is 1. The van der Waals surface area contributed by atoms with Crippen molar-refractivity contribution in [2.24, 2.45) is 0 Å². The number of nitro groups is 1. The van der Waals surface area contributed by atoms with E-state index >= 15 is 0 Å². The van der Waals surface area contributed by atoms with E-state index in [4.69, 9.17) is 9.15 Å². The molecule has 9 nitrogen and oxygen atoms in total.